The molecule has 1 aromatic heterocycles. The summed E-state index contributed by atoms with van der Waals surface area (Å²) in [5.41, 5.74) is 3.35. The Morgan fingerprint density at radius 2 is 1.63 bits per heavy atom. The molecule has 0 saturated carbocycles. The summed E-state index contributed by atoms with van der Waals surface area (Å²) in [6.45, 7) is 10.9. The number of esters is 1. The van der Waals surface area contributed by atoms with Crippen LogP contribution in [0.4, 0.5) is 5.69 Å². The minimum Gasteiger partial charge on any atom is -0.449 e. The Morgan fingerprint density at radius 1 is 1.04 bits per heavy atom. The van der Waals surface area contributed by atoms with Crippen LogP contribution in [0.5, 0.6) is 0 Å². The maximum atomic E-state index is 12.5. The summed E-state index contributed by atoms with van der Waals surface area (Å²) in [6, 6.07) is 8.55. The van der Waals surface area contributed by atoms with Gasteiger partial charge in [-0.05, 0) is 71.9 Å². The number of amides is 1. The van der Waals surface area contributed by atoms with Gasteiger partial charge in [0.25, 0.3) is 5.91 Å². The van der Waals surface area contributed by atoms with Crippen LogP contribution in [0.15, 0.2) is 30.3 Å². The van der Waals surface area contributed by atoms with Gasteiger partial charge in [0.05, 0.1) is 5.56 Å². The van der Waals surface area contributed by atoms with E-state index in [2.05, 4.69) is 9.88 Å². The van der Waals surface area contributed by atoms with Crippen LogP contribution in [0.3, 0.4) is 0 Å². The first-order valence-corrected chi connectivity index (χ1v) is 8.93. The Balaban J connectivity index is 2.04. The number of aromatic nitrogens is 1. The normalized spacial score (nSPS) is 12.0. The molecule has 0 spiro atoms. The third-order valence-electron chi connectivity index (χ3n) is 4.43. The van der Waals surface area contributed by atoms with Gasteiger partial charge in [0.15, 0.2) is 11.9 Å². The molecule has 1 atom stereocenters. The van der Waals surface area contributed by atoms with Crippen molar-refractivity contribution < 1.29 is 19.1 Å². The molecule has 0 aliphatic carbocycles. The highest BCUT2D eigenvalue weighted by atomic mass is 16.5. The monoisotopic (exact) mass is 370 g/mol. The number of hydrogen-bond acceptors (Lipinski definition) is 4. The minimum absolute atomic E-state index is 0.0471. The first kappa shape index (κ1) is 20.4. The smallest absolute Gasteiger partial charge is 0.340 e. The number of anilines is 1. The van der Waals surface area contributed by atoms with E-state index in [1.165, 1.54) is 13.8 Å². The van der Waals surface area contributed by atoms with Gasteiger partial charge >= 0.3 is 5.97 Å². The zero-order valence-electron chi connectivity index (χ0n) is 16.6. The number of carbonyl (C=O) groups excluding carboxylic acids is 3. The SMILES string of the molecule is CC(=O)c1ccc(NC(=O)C(C)OC(=O)c2cc(C)n(C(C)C)c2C)cc1. The number of nitrogens with one attached hydrogen (secondary N) is 1. The average Bonchev–Trinajstić information content (AvgIpc) is 2.89. The van der Waals surface area contributed by atoms with Gasteiger partial charge in [0.2, 0.25) is 0 Å². The van der Waals surface area contributed by atoms with Crippen molar-refractivity contribution in [2.45, 2.75) is 53.7 Å². The molecule has 0 saturated heterocycles. The van der Waals surface area contributed by atoms with E-state index in [0.29, 0.717) is 16.8 Å². The van der Waals surface area contributed by atoms with Crippen molar-refractivity contribution in [3.8, 4) is 0 Å². The summed E-state index contributed by atoms with van der Waals surface area (Å²) in [7, 11) is 0. The van der Waals surface area contributed by atoms with E-state index < -0.39 is 18.0 Å². The quantitative estimate of drug-likeness (QED) is 0.614. The number of benzene rings is 1. The van der Waals surface area contributed by atoms with E-state index in [4.69, 9.17) is 4.74 Å². The molecule has 6 heteroatoms. The first-order valence-electron chi connectivity index (χ1n) is 8.93. The van der Waals surface area contributed by atoms with E-state index in [0.717, 1.165) is 11.4 Å². The second kappa shape index (κ2) is 8.20. The predicted octanol–water partition coefficient (Wildman–Crippen LogP) is 4.07. The van der Waals surface area contributed by atoms with E-state index in [1.54, 1.807) is 30.3 Å². The van der Waals surface area contributed by atoms with Crippen molar-refractivity contribution >= 4 is 23.3 Å². The summed E-state index contributed by atoms with van der Waals surface area (Å²) in [6.07, 6.45) is -0.952. The fourth-order valence-electron chi connectivity index (χ4n) is 3.09. The van der Waals surface area contributed by atoms with Crippen molar-refractivity contribution in [3.63, 3.8) is 0 Å². The molecule has 1 heterocycles. The molecule has 0 aliphatic rings. The number of rotatable bonds is 6. The van der Waals surface area contributed by atoms with Crippen molar-refractivity contribution in [3.05, 3.63) is 52.8 Å². The van der Waals surface area contributed by atoms with E-state index in [1.807, 2.05) is 27.7 Å². The molecule has 1 N–H and O–H groups in total. The van der Waals surface area contributed by atoms with Crippen LogP contribution >= 0.6 is 0 Å². The van der Waals surface area contributed by atoms with Gasteiger partial charge in [-0.25, -0.2) is 4.79 Å². The predicted molar refractivity (Wildman–Crippen MR) is 104 cm³/mol. The van der Waals surface area contributed by atoms with Gasteiger partial charge in [-0.3, -0.25) is 9.59 Å². The zero-order valence-corrected chi connectivity index (χ0v) is 16.6. The van der Waals surface area contributed by atoms with E-state index >= 15 is 0 Å². The minimum atomic E-state index is -0.952. The summed E-state index contributed by atoms with van der Waals surface area (Å²) >= 11 is 0. The number of nitrogens with zero attached hydrogens (tertiary/aromatic N) is 1. The Labute approximate surface area is 159 Å². The van der Waals surface area contributed by atoms with Gasteiger partial charge in [0, 0.05) is 28.7 Å². The Bertz CT molecular complexity index is 863. The molecule has 2 rings (SSSR count). The third-order valence-corrected chi connectivity index (χ3v) is 4.43. The lowest BCUT2D eigenvalue weighted by Crippen LogP contribution is -2.30. The first-order chi connectivity index (χ1) is 12.6. The van der Waals surface area contributed by atoms with Gasteiger partial charge in [-0.1, -0.05) is 0 Å². The second-order valence-electron chi connectivity index (χ2n) is 6.92. The Hall–Kier alpha value is -2.89. The molecule has 1 aromatic carbocycles. The fourth-order valence-corrected chi connectivity index (χ4v) is 3.09. The van der Waals surface area contributed by atoms with Crippen LogP contribution in [-0.2, 0) is 9.53 Å². The summed E-state index contributed by atoms with van der Waals surface area (Å²) in [5, 5.41) is 2.68. The van der Waals surface area contributed by atoms with Crippen LogP contribution < -0.4 is 5.32 Å². The lowest BCUT2D eigenvalue weighted by molar-refractivity contribution is -0.123. The second-order valence-corrected chi connectivity index (χ2v) is 6.92. The molecule has 6 nitrogen and oxygen atoms in total. The summed E-state index contributed by atoms with van der Waals surface area (Å²) in [5.74, 6) is -1.00. The highest BCUT2D eigenvalue weighted by Gasteiger charge is 2.23. The van der Waals surface area contributed by atoms with E-state index in [9.17, 15) is 14.4 Å². The highest BCUT2D eigenvalue weighted by molar-refractivity contribution is 5.98. The lowest BCUT2D eigenvalue weighted by atomic mass is 10.1. The number of ether oxygens (including phenoxy) is 1. The fraction of sp³-hybridized carbons (Fsp3) is 0.381. The number of carbonyl (C=O) groups is 3. The number of aryl methyl sites for hydroxylation is 1. The molecule has 144 valence electrons. The molecule has 27 heavy (non-hydrogen) atoms. The van der Waals surface area contributed by atoms with Gasteiger partial charge in [-0.15, -0.1) is 0 Å². The van der Waals surface area contributed by atoms with Crippen LogP contribution in [0, 0.1) is 13.8 Å². The van der Waals surface area contributed by atoms with Gasteiger partial charge in [0.1, 0.15) is 0 Å². The standard InChI is InChI=1S/C21H26N2O4/c1-12(2)23-13(3)11-19(14(23)4)21(26)27-16(6)20(25)22-18-9-7-17(8-10-18)15(5)24/h7-12,16H,1-6H3,(H,22,25). The number of hydrogen-bond donors (Lipinski definition) is 1. The lowest BCUT2D eigenvalue weighted by Gasteiger charge is -2.15. The Morgan fingerprint density at radius 3 is 2.11 bits per heavy atom. The van der Waals surface area contributed by atoms with Gasteiger partial charge in [-0.2, -0.15) is 0 Å². The molecule has 0 bridgehead atoms. The van der Waals surface area contributed by atoms with Crippen molar-refractivity contribution in [2.24, 2.45) is 0 Å². The van der Waals surface area contributed by atoms with Crippen molar-refractivity contribution in [1.82, 2.24) is 4.57 Å². The molecule has 0 fully saturated rings. The molecule has 2 aromatic rings. The molecule has 1 amide bonds. The van der Waals surface area contributed by atoms with Gasteiger partial charge < -0.3 is 14.6 Å². The number of Topliss-reactive ketones (excluding diaryl/α,β-unsaturated/α-hetero) is 1. The topological polar surface area (TPSA) is 77.4 Å². The molecule has 0 aliphatic heterocycles. The van der Waals surface area contributed by atoms with Crippen molar-refractivity contribution in [1.29, 1.82) is 0 Å². The average molecular weight is 370 g/mol. The third kappa shape index (κ3) is 4.64. The van der Waals surface area contributed by atoms with Crippen LogP contribution in [-0.4, -0.2) is 28.3 Å². The summed E-state index contributed by atoms with van der Waals surface area (Å²) in [4.78, 5) is 36.1. The molecule has 0 radical (unpaired) electrons. The highest BCUT2D eigenvalue weighted by Crippen LogP contribution is 2.21. The van der Waals surface area contributed by atoms with Crippen molar-refractivity contribution in [2.75, 3.05) is 5.32 Å². The Kier molecular flexibility index (Phi) is 6.20. The zero-order chi connectivity index (χ0) is 20.3. The van der Waals surface area contributed by atoms with E-state index in [-0.39, 0.29) is 11.8 Å². The maximum Gasteiger partial charge on any atom is 0.340 e. The molecular formula is C21H26N2O4. The molecular weight excluding hydrogens is 344 g/mol. The number of ketones is 1. The summed E-state index contributed by atoms with van der Waals surface area (Å²) < 4.78 is 7.40. The van der Waals surface area contributed by atoms with Crippen LogP contribution in [0.2, 0.25) is 0 Å². The van der Waals surface area contributed by atoms with Crippen LogP contribution in [0.1, 0.15) is 65.8 Å². The molecule has 1 unspecified atom stereocenters. The maximum absolute atomic E-state index is 12.5. The van der Waals surface area contributed by atoms with Crippen LogP contribution in [0.25, 0.3) is 0 Å². The largest absolute Gasteiger partial charge is 0.449 e.